The van der Waals surface area contributed by atoms with Crippen LogP contribution in [0.4, 0.5) is 14.4 Å². The van der Waals surface area contributed by atoms with Gasteiger partial charge in [-0.15, -0.1) is 0 Å². The summed E-state index contributed by atoms with van der Waals surface area (Å²) in [5.74, 6) is -0.775. The number of esters is 1. The molecule has 37 heavy (non-hydrogen) atoms. The van der Waals surface area contributed by atoms with Crippen LogP contribution in [-0.4, -0.2) is 63.0 Å². The predicted molar refractivity (Wildman–Crippen MR) is 130 cm³/mol. The fraction of sp³-hybridized carbons (Fsp3) is 0.600. The van der Waals surface area contributed by atoms with Crippen LogP contribution in [0.15, 0.2) is 18.2 Å². The molecule has 2 atom stereocenters. The van der Waals surface area contributed by atoms with Crippen molar-refractivity contribution in [3.8, 4) is 11.5 Å². The highest BCUT2D eigenvalue weighted by Gasteiger charge is 2.22. The second-order valence-corrected chi connectivity index (χ2v) is 8.51. The fourth-order valence-electron chi connectivity index (χ4n) is 2.57. The van der Waals surface area contributed by atoms with Crippen LogP contribution in [0.1, 0.15) is 53.0 Å². The van der Waals surface area contributed by atoms with E-state index in [0.29, 0.717) is 18.4 Å². The Morgan fingerprint density at radius 3 is 1.92 bits per heavy atom. The number of hydrogen-bond donors (Lipinski definition) is 1. The summed E-state index contributed by atoms with van der Waals surface area (Å²) < 4.78 is 35.1. The number of nitrogens with two attached hydrogens (primary N) is 1. The van der Waals surface area contributed by atoms with Crippen molar-refractivity contribution in [1.29, 1.82) is 0 Å². The Hall–Kier alpha value is -3.54. The smallest absolute Gasteiger partial charge is 0.458 e. The van der Waals surface area contributed by atoms with Crippen LogP contribution in [0.3, 0.4) is 0 Å². The lowest BCUT2D eigenvalue weighted by molar-refractivity contribution is -0.152. The number of hydrogen-bond acceptors (Lipinski definition) is 12. The third-order valence-electron chi connectivity index (χ3n) is 4.29. The summed E-state index contributed by atoms with van der Waals surface area (Å²) in [5, 5.41) is 0. The van der Waals surface area contributed by atoms with Gasteiger partial charge in [-0.05, 0) is 49.8 Å². The zero-order valence-electron chi connectivity index (χ0n) is 22.0. The summed E-state index contributed by atoms with van der Waals surface area (Å²) in [4.78, 5) is 47.8. The molecule has 1 aromatic rings. The molecule has 0 aromatic heterocycles. The lowest BCUT2D eigenvalue weighted by Gasteiger charge is -2.17. The number of rotatable bonds is 14. The molecule has 0 saturated carbocycles. The summed E-state index contributed by atoms with van der Waals surface area (Å²) >= 11 is 0. The van der Waals surface area contributed by atoms with Gasteiger partial charge in [0.25, 0.3) is 0 Å². The first kappa shape index (κ1) is 31.5. The molecule has 12 nitrogen and oxygen atoms in total. The molecule has 0 unspecified atom stereocenters. The van der Waals surface area contributed by atoms with Gasteiger partial charge < -0.3 is 38.9 Å². The molecule has 0 bridgehead atoms. The van der Waals surface area contributed by atoms with E-state index in [1.54, 1.807) is 0 Å². The van der Waals surface area contributed by atoms with Crippen molar-refractivity contribution in [2.24, 2.45) is 11.7 Å². The van der Waals surface area contributed by atoms with Crippen LogP contribution in [0, 0.1) is 5.92 Å². The van der Waals surface area contributed by atoms with E-state index >= 15 is 0 Å². The number of carbonyl (C=O) groups is 4. The summed E-state index contributed by atoms with van der Waals surface area (Å²) in [5.41, 5.74) is 6.46. The predicted octanol–water partition coefficient (Wildman–Crippen LogP) is 4.15. The van der Waals surface area contributed by atoms with Crippen molar-refractivity contribution in [2.45, 2.75) is 66.0 Å². The van der Waals surface area contributed by atoms with Crippen LogP contribution in [-0.2, 0) is 34.9 Å². The van der Waals surface area contributed by atoms with E-state index in [4.69, 9.17) is 38.9 Å². The third-order valence-corrected chi connectivity index (χ3v) is 4.29. The Morgan fingerprint density at radius 1 is 0.784 bits per heavy atom. The Morgan fingerprint density at radius 2 is 1.35 bits per heavy atom. The number of ether oxygens (including phenoxy) is 7. The van der Waals surface area contributed by atoms with E-state index in [-0.39, 0.29) is 50.3 Å². The third kappa shape index (κ3) is 13.4. The second-order valence-electron chi connectivity index (χ2n) is 8.51. The van der Waals surface area contributed by atoms with Gasteiger partial charge in [0, 0.05) is 0 Å². The Bertz CT molecular complexity index is 887. The monoisotopic (exact) mass is 527 g/mol. The van der Waals surface area contributed by atoms with Crippen molar-refractivity contribution in [2.75, 3.05) is 26.4 Å². The molecule has 0 amide bonds. The van der Waals surface area contributed by atoms with Crippen molar-refractivity contribution in [3.63, 3.8) is 0 Å². The lowest BCUT2D eigenvalue weighted by atomic mass is 10.1. The molecule has 0 aliphatic carbocycles. The van der Waals surface area contributed by atoms with E-state index in [1.807, 2.05) is 27.7 Å². The average molecular weight is 528 g/mol. The molecular formula is C25H37NO11. The molecule has 0 aliphatic heterocycles. The first-order valence-electron chi connectivity index (χ1n) is 12.1. The quantitative estimate of drug-likeness (QED) is 0.209. The summed E-state index contributed by atoms with van der Waals surface area (Å²) in [6.45, 7) is 9.26. The van der Waals surface area contributed by atoms with Crippen molar-refractivity contribution in [1.82, 2.24) is 0 Å². The molecule has 1 aromatic carbocycles. The first-order valence-corrected chi connectivity index (χ1v) is 12.1. The van der Waals surface area contributed by atoms with Crippen LogP contribution in [0.5, 0.6) is 11.5 Å². The van der Waals surface area contributed by atoms with Gasteiger partial charge in [0.15, 0.2) is 11.5 Å². The Labute approximate surface area is 216 Å². The normalized spacial score (nSPS) is 12.2. The van der Waals surface area contributed by atoms with Crippen molar-refractivity contribution in [3.05, 3.63) is 23.8 Å². The highest BCUT2D eigenvalue weighted by Crippen LogP contribution is 2.30. The molecule has 0 saturated heterocycles. The minimum absolute atomic E-state index is 0.00374. The van der Waals surface area contributed by atoms with E-state index in [9.17, 15) is 19.2 Å². The molecule has 0 aliphatic rings. The lowest BCUT2D eigenvalue weighted by Crippen LogP contribution is -2.37. The van der Waals surface area contributed by atoms with Gasteiger partial charge in [-0.1, -0.05) is 33.8 Å². The topological polar surface area (TPSA) is 159 Å². The first-order chi connectivity index (χ1) is 17.5. The molecule has 0 spiro atoms. The maximum Gasteiger partial charge on any atom is 0.513 e. The second kappa shape index (κ2) is 17.0. The molecule has 208 valence electrons. The molecule has 1 rings (SSSR count). The van der Waals surface area contributed by atoms with Crippen LogP contribution in [0.25, 0.3) is 0 Å². The molecule has 12 heteroatoms. The van der Waals surface area contributed by atoms with Gasteiger partial charge in [0.05, 0.1) is 19.8 Å². The van der Waals surface area contributed by atoms with E-state index < -0.39 is 36.6 Å². The van der Waals surface area contributed by atoms with Gasteiger partial charge in [-0.25, -0.2) is 14.4 Å². The average Bonchev–Trinajstić information content (AvgIpc) is 2.85. The number of benzene rings is 1. The summed E-state index contributed by atoms with van der Waals surface area (Å²) in [6, 6.07) is 3.22. The largest absolute Gasteiger partial charge is 0.513 e. The molecule has 2 N–H and O–H groups in total. The Kier molecular flexibility index (Phi) is 14.5. The van der Waals surface area contributed by atoms with Gasteiger partial charge in [0.2, 0.25) is 0 Å². The van der Waals surface area contributed by atoms with Crippen molar-refractivity contribution < 1.29 is 52.3 Å². The maximum absolute atomic E-state index is 12.4. The highest BCUT2D eigenvalue weighted by atomic mass is 16.7. The van der Waals surface area contributed by atoms with Gasteiger partial charge in [-0.2, -0.15) is 0 Å². The van der Waals surface area contributed by atoms with Crippen LogP contribution in [0.2, 0.25) is 0 Å². The SMILES string of the molecule is CCCOC(=O)Oc1ccc(C[C@H](N)C(=O)O[C@@H](C)COC(=O)OCC(C)C)cc1OC(=O)OCCC. The minimum Gasteiger partial charge on any atom is -0.458 e. The molecule has 0 radical (unpaired) electrons. The summed E-state index contributed by atoms with van der Waals surface area (Å²) in [7, 11) is 0. The highest BCUT2D eigenvalue weighted by molar-refractivity contribution is 5.76. The van der Waals surface area contributed by atoms with E-state index in [2.05, 4.69) is 0 Å². The molecular weight excluding hydrogens is 490 g/mol. The zero-order chi connectivity index (χ0) is 27.8. The van der Waals surface area contributed by atoms with Gasteiger partial charge >= 0.3 is 24.4 Å². The van der Waals surface area contributed by atoms with E-state index in [0.717, 1.165) is 0 Å². The van der Waals surface area contributed by atoms with Crippen molar-refractivity contribution >= 4 is 24.4 Å². The zero-order valence-corrected chi connectivity index (χ0v) is 22.0. The van der Waals surface area contributed by atoms with E-state index in [1.165, 1.54) is 25.1 Å². The molecule has 0 heterocycles. The minimum atomic E-state index is -1.09. The Balaban J connectivity index is 2.78. The standard InChI is InChI=1S/C25H37NO11/c1-6-10-31-24(29)36-20-9-8-18(13-21(20)37-25(30)32-11-7-2)12-19(26)22(27)35-17(5)15-34-23(28)33-14-16(3)4/h8-9,13,16-17,19H,6-7,10-12,14-15,26H2,1-5H3/t17-,19-/m0/s1. The molecule has 0 fully saturated rings. The van der Waals surface area contributed by atoms with Gasteiger partial charge in [0.1, 0.15) is 18.8 Å². The summed E-state index contributed by atoms with van der Waals surface area (Å²) in [6.07, 6.45) is -2.39. The van der Waals surface area contributed by atoms with Crippen LogP contribution >= 0.6 is 0 Å². The van der Waals surface area contributed by atoms with Gasteiger partial charge in [-0.3, -0.25) is 4.79 Å². The maximum atomic E-state index is 12.4. The number of carbonyl (C=O) groups excluding carboxylic acids is 4. The fourth-order valence-corrected chi connectivity index (χ4v) is 2.57. The van der Waals surface area contributed by atoms with Crippen LogP contribution < -0.4 is 15.2 Å².